The molecule has 1 rings (SSSR count). The van der Waals surface area contributed by atoms with Crippen molar-refractivity contribution in [3.63, 3.8) is 0 Å². The highest BCUT2D eigenvalue weighted by Gasteiger charge is 2.32. The first-order valence-corrected chi connectivity index (χ1v) is 7.36. The van der Waals surface area contributed by atoms with Crippen molar-refractivity contribution in [3.8, 4) is 0 Å². The van der Waals surface area contributed by atoms with E-state index in [1.165, 1.54) is 0 Å². The van der Waals surface area contributed by atoms with E-state index in [1.807, 2.05) is 31.6 Å². The lowest BCUT2D eigenvalue weighted by atomic mass is 9.95. The maximum absolute atomic E-state index is 11.9. The number of hydrogen-bond donors (Lipinski definition) is 1. The number of halogens is 1. The van der Waals surface area contributed by atoms with Crippen molar-refractivity contribution in [3.05, 3.63) is 16.9 Å². The Morgan fingerprint density at radius 2 is 2.25 bits per heavy atom. The van der Waals surface area contributed by atoms with Gasteiger partial charge in [-0.25, -0.2) is 0 Å². The molecule has 0 aromatic carbocycles. The summed E-state index contributed by atoms with van der Waals surface area (Å²) in [6, 6.07) is 0. The molecular weight excluding hydrogens is 278 g/mol. The van der Waals surface area contributed by atoms with E-state index in [4.69, 9.17) is 16.3 Å². The molecule has 0 radical (unpaired) electrons. The van der Waals surface area contributed by atoms with Gasteiger partial charge in [-0.3, -0.25) is 9.48 Å². The van der Waals surface area contributed by atoms with Gasteiger partial charge in [0.2, 0.25) is 0 Å². The number of hydrogen-bond acceptors (Lipinski definition) is 4. The molecule has 20 heavy (non-hydrogen) atoms. The predicted molar refractivity (Wildman–Crippen MR) is 79.9 cm³/mol. The maximum Gasteiger partial charge on any atom is 0.326 e. The molecule has 0 amide bonds. The Balaban J connectivity index is 2.40. The Hall–Kier alpha value is -1.07. The second kappa shape index (κ2) is 7.64. The number of ether oxygens (including phenoxy) is 1. The molecule has 5 nitrogen and oxygen atoms in total. The molecular formula is C14H24ClN3O2. The minimum atomic E-state index is -0.617. The van der Waals surface area contributed by atoms with Gasteiger partial charge in [-0.15, -0.1) is 0 Å². The van der Waals surface area contributed by atoms with Crippen LogP contribution in [0.25, 0.3) is 0 Å². The van der Waals surface area contributed by atoms with Gasteiger partial charge in [0.15, 0.2) is 0 Å². The Bertz CT molecular complexity index is 428. The van der Waals surface area contributed by atoms with Gasteiger partial charge >= 0.3 is 5.97 Å². The highest BCUT2D eigenvalue weighted by atomic mass is 35.5. The van der Waals surface area contributed by atoms with Crippen LogP contribution in [0.3, 0.4) is 0 Å². The number of aromatic nitrogens is 2. The summed E-state index contributed by atoms with van der Waals surface area (Å²) in [5, 5.41) is 8.05. The van der Waals surface area contributed by atoms with Crippen LogP contribution in [-0.2, 0) is 16.1 Å². The molecule has 114 valence electrons. The number of carbonyl (C=O) groups excluding carboxylic acids is 1. The smallest absolute Gasteiger partial charge is 0.326 e. The van der Waals surface area contributed by atoms with E-state index < -0.39 is 5.54 Å². The van der Waals surface area contributed by atoms with E-state index in [1.54, 1.807) is 7.05 Å². The summed E-state index contributed by atoms with van der Waals surface area (Å²) in [7, 11) is 1.79. The highest BCUT2D eigenvalue weighted by molar-refractivity contribution is 6.31. The molecule has 0 fully saturated rings. The molecule has 0 saturated heterocycles. The summed E-state index contributed by atoms with van der Waals surface area (Å²) < 4.78 is 6.94. The van der Waals surface area contributed by atoms with Gasteiger partial charge in [-0.05, 0) is 47.1 Å². The van der Waals surface area contributed by atoms with Crippen molar-refractivity contribution in [2.24, 2.45) is 0 Å². The number of esters is 1. The summed E-state index contributed by atoms with van der Waals surface area (Å²) in [6.45, 7) is 6.78. The third-order valence-corrected chi connectivity index (χ3v) is 3.85. The van der Waals surface area contributed by atoms with E-state index in [2.05, 4.69) is 10.4 Å². The number of rotatable bonds is 8. The minimum absolute atomic E-state index is 0.194. The summed E-state index contributed by atoms with van der Waals surface area (Å²) in [5.74, 6) is -0.194. The Morgan fingerprint density at radius 3 is 2.75 bits per heavy atom. The number of carbonyl (C=O) groups is 1. The first-order valence-electron chi connectivity index (χ1n) is 6.98. The standard InChI is InChI=1S/C14H24ClN3O2/c1-5-20-13(19)14(3,16-4)8-6-7-9-18-10-12(15)11(2)17-18/h10,16H,5-9H2,1-4H3. The largest absolute Gasteiger partial charge is 0.465 e. The number of likely N-dealkylation sites (N-methyl/N-ethyl adjacent to an activating group) is 1. The second-order valence-electron chi connectivity index (χ2n) is 5.09. The molecule has 1 atom stereocenters. The van der Waals surface area contributed by atoms with Gasteiger partial charge in [-0.1, -0.05) is 11.6 Å². The topological polar surface area (TPSA) is 56.2 Å². The zero-order chi connectivity index (χ0) is 15.2. The molecule has 0 saturated carbocycles. The van der Waals surface area contributed by atoms with E-state index in [9.17, 15) is 4.79 Å². The van der Waals surface area contributed by atoms with Crippen LogP contribution in [0.1, 0.15) is 38.8 Å². The van der Waals surface area contributed by atoms with Crippen molar-refractivity contribution >= 4 is 17.6 Å². The van der Waals surface area contributed by atoms with Crippen molar-refractivity contribution in [1.29, 1.82) is 0 Å². The van der Waals surface area contributed by atoms with Gasteiger partial charge in [-0.2, -0.15) is 5.10 Å². The molecule has 0 aliphatic carbocycles. The van der Waals surface area contributed by atoms with Gasteiger partial charge in [0, 0.05) is 12.7 Å². The monoisotopic (exact) mass is 301 g/mol. The van der Waals surface area contributed by atoms with E-state index >= 15 is 0 Å². The molecule has 1 N–H and O–H groups in total. The van der Waals surface area contributed by atoms with Crippen LogP contribution in [0.2, 0.25) is 5.02 Å². The van der Waals surface area contributed by atoms with Gasteiger partial charge in [0.25, 0.3) is 0 Å². The van der Waals surface area contributed by atoms with Crippen LogP contribution >= 0.6 is 11.6 Å². The Kier molecular flexibility index (Phi) is 6.49. The molecule has 0 aliphatic heterocycles. The average Bonchev–Trinajstić information content (AvgIpc) is 2.74. The number of unbranched alkanes of at least 4 members (excludes halogenated alkanes) is 1. The first-order chi connectivity index (χ1) is 9.42. The third-order valence-electron chi connectivity index (χ3n) is 3.48. The summed E-state index contributed by atoms with van der Waals surface area (Å²) in [4.78, 5) is 11.9. The number of nitrogens with zero attached hydrogens (tertiary/aromatic N) is 2. The Morgan fingerprint density at radius 1 is 1.55 bits per heavy atom. The van der Waals surface area contributed by atoms with Crippen LogP contribution in [0.4, 0.5) is 0 Å². The quantitative estimate of drug-likeness (QED) is 0.592. The van der Waals surface area contributed by atoms with Gasteiger partial charge in [0.05, 0.1) is 17.3 Å². The molecule has 1 heterocycles. The fraction of sp³-hybridized carbons (Fsp3) is 0.714. The van der Waals surface area contributed by atoms with Crippen LogP contribution < -0.4 is 5.32 Å². The summed E-state index contributed by atoms with van der Waals surface area (Å²) in [6.07, 6.45) is 4.41. The van der Waals surface area contributed by atoms with E-state index in [0.717, 1.165) is 31.5 Å². The predicted octanol–water partition coefficient (Wildman–Crippen LogP) is 2.56. The fourth-order valence-corrected chi connectivity index (χ4v) is 2.13. The molecule has 1 aromatic heterocycles. The first kappa shape index (κ1) is 17.0. The number of nitrogens with one attached hydrogen (secondary N) is 1. The average molecular weight is 302 g/mol. The second-order valence-corrected chi connectivity index (χ2v) is 5.49. The molecule has 6 heteroatoms. The molecule has 0 bridgehead atoms. The van der Waals surface area contributed by atoms with Crippen LogP contribution in [0, 0.1) is 6.92 Å². The lowest BCUT2D eigenvalue weighted by Gasteiger charge is -2.26. The zero-order valence-corrected chi connectivity index (χ0v) is 13.5. The fourth-order valence-electron chi connectivity index (χ4n) is 1.98. The van der Waals surface area contributed by atoms with E-state index in [-0.39, 0.29) is 5.97 Å². The zero-order valence-electron chi connectivity index (χ0n) is 12.7. The lowest BCUT2D eigenvalue weighted by Crippen LogP contribution is -2.48. The van der Waals surface area contributed by atoms with Crippen LogP contribution in [-0.4, -0.2) is 34.9 Å². The van der Waals surface area contributed by atoms with Crippen molar-refractivity contribution in [2.75, 3.05) is 13.7 Å². The minimum Gasteiger partial charge on any atom is -0.465 e. The Labute approximate surface area is 125 Å². The van der Waals surface area contributed by atoms with E-state index in [0.29, 0.717) is 11.6 Å². The SMILES string of the molecule is CCOC(=O)C(C)(CCCCn1cc(Cl)c(C)n1)NC. The third kappa shape index (κ3) is 4.49. The molecule has 0 aliphatic rings. The van der Waals surface area contributed by atoms with Crippen molar-refractivity contribution in [1.82, 2.24) is 15.1 Å². The van der Waals surface area contributed by atoms with Crippen LogP contribution in [0.5, 0.6) is 0 Å². The molecule has 1 aromatic rings. The highest BCUT2D eigenvalue weighted by Crippen LogP contribution is 2.17. The normalized spacial score (nSPS) is 14.1. The van der Waals surface area contributed by atoms with Crippen molar-refractivity contribution < 1.29 is 9.53 Å². The molecule has 0 spiro atoms. The van der Waals surface area contributed by atoms with Crippen LogP contribution in [0.15, 0.2) is 6.20 Å². The summed E-state index contributed by atoms with van der Waals surface area (Å²) >= 11 is 5.96. The maximum atomic E-state index is 11.9. The molecule has 1 unspecified atom stereocenters. The number of aryl methyl sites for hydroxylation is 2. The van der Waals surface area contributed by atoms with Crippen molar-refractivity contribution in [2.45, 2.75) is 52.1 Å². The summed E-state index contributed by atoms with van der Waals surface area (Å²) in [5.41, 5.74) is 0.228. The van der Waals surface area contributed by atoms with Gasteiger partial charge in [0.1, 0.15) is 5.54 Å². The van der Waals surface area contributed by atoms with Gasteiger partial charge < -0.3 is 10.1 Å². The lowest BCUT2D eigenvalue weighted by molar-refractivity contribution is -0.150.